The molecule has 21 heavy (non-hydrogen) atoms. The summed E-state index contributed by atoms with van der Waals surface area (Å²) in [7, 11) is 0. The van der Waals surface area contributed by atoms with E-state index in [1.54, 1.807) is 6.08 Å². The van der Waals surface area contributed by atoms with Crippen LogP contribution in [0.2, 0.25) is 5.15 Å². The summed E-state index contributed by atoms with van der Waals surface area (Å²) in [5.41, 5.74) is 0.672. The number of aromatic nitrogens is 2. The molecule has 2 aromatic rings. The van der Waals surface area contributed by atoms with E-state index in [1.165, 1.54) is 17.4 Å². The molecule has 0 bridgehead atoms. The van der Waals surface area contributed by atoms with Gasteiger partial charge in [0.25, 0.3) is 0 Å². The van der Waals surface area contributed by atoms with Crippen LogP contribution in [0.25, 0.3) is 11.0 Å². The van der Waals surface area contributed by atoms with Crippen LogP contribution < -0.4 is 5.32 Å². The van der Waals surface area contributed by atoms with Crippen LogP contribution in [0, 0.1) is 5.92 Å². The predicted molar refractivity (Wildman–Crippen MR) is 85.6 cm³/mol. The maximum atomic E-state index is 11.7. The zero-order valence-corrected chi connectivity index (χ0v) is 13.5. The zero-order chi connectivity index (χ0) is 15.4. The Morgan fingerprint density at radius 1 is 1.62 bits per heavy atom. The number of nitrogens with one attached hydrogen (secondary N) is 1. The quantitative estimate of drug-likeness (QED) is 0.801. The molecule has 1 atom stereocenters. The molecule has 0 aliphatic heterocycles. The van der Waals surface area contributed by atoms with Crippen molar-refractivity contribution in [3.63, 3.8) is 0 Å². The van der Waals surface area contributed by atoms with E-state index in [0.717, 1.165) is 4.96 Å². The first-order valence-electron chi connectivity index (χ1n) is 6.72. The van der Waals surface area contributed by atoms with Gasteiger partial charge in [0.1, 0.15) is 0 Å². The summed E-state index contributed by atoms with van der Waals surface area (Å²) < 4.78 is 1.82. The standard InChI is InChI=1S/C14H18ClN3O2S/c1-9(2)7-10(19)8-16-12(20)4-3-11-13(15)17-14-18(11)5-6-21-14/h3-6,9-10,19H,7-8H2,1-2H3,(H,16,20)/b4-3+. The largest absolute Gasteiger partial charge is 0.391 e. The summed E-state index contributed by atoms with van der Waals surface area (Å²) in [6.45, 7) is 4.30. The van der Waals surface area contributed by atoms with Gasteiger partial charge in [-0.3, -0.25) is 9.20 Å². The summed E-state index contributed by atoms with van der Waals surface area (Å²) in [6, 6.07) is 0. The Hall–Kier alpha value is -1.37. The molecule has 1 unspecified atom stereocenters. The Morgan fingerprint density at radius 3 is 3.10 bits per heavy atom. The third-order valence-electron chi connectivity index (χ3n) is 2.90. The van der Waals surface area contributed by atoms with Crippen molar-refractivity contribution in [2.24, 2.45) is 5.92 Å². The number of carbonyl (C=O) groups is 1. The lowest BCUT2D eigenvalue weighted by molar-refractivity contribution is -0.116. The van der Waals surface area contributed by atoms with Gasteiger partial charge in [-0.1, -0.05) is 25.4 Å². The minimum absolute atomic E-state index is 0.245. The molecule has 114 valence electrons. The van der Waals surface area contributed by atoms with Crippen LogP contribution in [0.1, 0.15) is 26.0 Å². The van der Waals surface area contributed by atoms with Gasteiger partial charge in [-0.05, 0) is 18.4 Å². The van der Waals surface area contributed by atoms with Crippen LogP contribution in [0.5, 0.6) is 0 Å². The molecule has 0 radical (unpaired) electrons. The van der Waals surface area contributed by atoms with Gasteiger partial charge < -0.3 is 10.4 Å². The Bertz CT molecular complexity index is 648. The predicted octanol–water partition coefficient (Wildman–Crippen LogP) is 2.59. The summed E-state index contributed by atoms with van der Waals surface area (Å²) in [5.74, 6) is 0.129. The smallest absolute Gasteiger partial charge is 0.244 e. The lowest BCUT2D eigenvalue weighted by Gasteiger charge is -2.12. The number of aliphatic hydroxyl groups excluding tert-OH is 1. The molecule has 0 aliphatic carbocycles. The maximum absolute atomic E-state index is 11.7. The van der Waals surface area contributed by atoms with E-state index in [9.17, 15) is 9.90 Å². The van der Waals surface area contributed by atoms with Crippen LogP contribution >= 0.6 is 22.9 Å². The van der Waals surface area contributed by atoms with Crippen molar-refractivity contribution in [2.75, 3.05) is 6.54 Å². The summed E-state index contributed by atoms with van der Waals surface area (Å²) in [5, 5.41) is 14.6. The van der Waals surface area contributed by atoms with Gasteiger partial charge in [0, 0.05) is 24.2 Å². The third-order valence-corrected chi connectivity index (χ3v) is 3.94. The first kappa shape index (κ1) is 16.0. The number of hydrogen-bond donors (Lipinski definition) is 2. The third kappa shape index (κ3) is 4.30. The first-order chi connectivity index (χ1) is 9.97. The van der Waals surface area contributed by atoms with Gasteiger partial charge in [-0.15, -0.1) is 11.3 Å². The van der Waals surface area contributed by atoms with Crippen molar-refractivity contribution in [1.82, 2.24) is 14.7 Å². The molecule has 2 N–H and O–H groups in total. The second kappa shape index (κ2) is 7.06. The molecular weight excluding hydrogens is 310 g/mol. The molecule has 0 aromatic carbocycles. The van der Waals surface area contributed by atoms with E-state index < -0.39 is 6.10 Å². The van der Waals surface area contributed by atoms with Crippen LogP contribution in [0.15, 0.2) is 17.7 Å². The van der Waals surface area contributed by atoms with Crippen LogP contribution in [0.4, 0.5) is 0 Å². The summed E-state index contributed by atoms with van der Waals surface area (Å²) in [6.07, 6.45) is 5.01. The highest BCUT2D eigenvalue weighted by molar-refractivity contribution is 7.15. The Balaban J connectivity index is 1.93. The van der Waals surface area contributed by atoms with Crippen molar-refractivity contribution < 1.29 is 9.90 Å². The number of nitrogens with zero attached hydrogens (tertiary/aromatic N) is 2. The average Bonchev–Trinajstić information content (AvgIpc) is 2.94. The average molecular weight is 328 g/mol. The number of rotatable bonds is 6. The molecule has 0 spiro atoms. The van der Waals surface area contributed by atoms with E-state index in [4.69, 9.17) is 11.6 Å². The number of fused-ring (bicyclic) bond motifs is 1. The van der Waals surface area contributed by atoms with Crippen LogP contribution in [-0.2, 0) is 4.79 Å². The number of hydrogen-bond acceptors (Lipinski definition) is 4. The lowest BCUT2D eigenvalue weighted by Crippen LogP contribution is -2.31. The highest BCUT2D eigenvalue weighted by Crippen LogP contribution is 2.22. The molecule has 1 amide bonds. The number of thiazole rings is 1. The molecular formula is C14H18ClN3O2S. The number of halogens is 1. The Morgan fingerprint density at radius 2 is 2.38 bits per heavy atom. The normalized spacial score (nSPS) is 13.4. The minimum Gasteiger partial charge on any atom is -0.391 e. The first-order valence-corrected chi connectivity index (χ1v) is 7.98. The fourth-order valence-electron chi connectivity index (χ4n) is 1.99. The molecule has 0 saturated heterocycles. The fraction of sp³-hybridized carbons (Fsp3) is 0.429. The number of carbonyl (C=O) groups excluding carboxylic acids is 1. The summed E-state index contributed by atoms with van der Waals surface area (Å²) in [4.78, 5) is 16.7. The van der Waals surface area contributed by atoms with Gasteiger partial charge in [0.2, 0.25) is 5.91 Å². The molecule has 0 aliphatic rings. The molecule has 0 saturated carbocycles. The van der Waals surface area contributed by atoms with E-state index in [1.807, 2.05) is 29.8 Å². The minimum atomic E-state index is -0.524. The molecule has 2 rings (SSSR count). The fourth-order valence-corrected chi connectivity index (χ4v) is 2.99. The van der Waals surface area contributed by atoms with Gasteiger partial charge in [-0.2, -0.15) is 0 Å². The zero-order valence-electron chi connectivity index (χ0n) is 11.9. The van der Waals surface area contributed by atoms with Crippen LogP contribution in [0.3, 0.4) is 0 Å². The maximum Gasteiger partial charge on any atom is 0.244 e. The SMILES string of the molecule is CC(C)CC(O)CNC(=O)/C=C/c1c(Cl)nc2sccn12. The van der Waals surface area contributed by atoms with Crippen LogP contribution in [-0.4, -0.2) is 33.0 Å². The van der Waals surface area contributed by atoms with E-state index >= 15 is 0 Å². The van der Waals surface area contributed by atoms with Crippen molar-refractivity contribution in [2.45, 2.75) is 26.4 Å². The highest BCUT2D eigenvalue weighted by Gasteiger charge is 2.10. The molecule has 0 fully saturated rings. The second-order valence-electron chi connectivity index (χ2n) is 5.21. The van der Waals surface area contributed by atoms with E-state index in [-0.39, 0.29) is 12.5 Å². The van der Waals surface area contributed by atoms with E-state index in [0.29, 0.717) is 23.2 Å². The van der Waals surface area contributed by atoms with Crippen molar-refractivity contribution >= 4 is 39.9 Å². The van der Waals surface area contributed by atoms with Gasteiger partial charge in [-0.25, -0.2) is 4.98 Å². The van der Waals surface area contributed by atoms with E-state index in [2.05, 4.69) is 10.3 Å². The van der Waals surface area contributed by atoms with Crippen molar-refractivity contribution in [1.29, 1.82) is 0 Å². The lowest BCUT2D eigenvalue weighted by atomic mass is 10.1. The molecule has 2 heterocycles. The number of aliphatic hydroxyl groups is 1. The molecule has 2 aromatic heterocycles. The highest BCUT2D eigenvalue weighted by atomic mass is 35.5. The second-order valence-corrected chi connectivity index (χ2v) is 6.44. The topological polar surface area (TPSA) is 66.6 Å². The van der Waals surface area contributed by atoms with Gasteiger partial charge in [0.05, 0.1) is 11.8 Å². The molecule has 5 nitrogen and oxygen atoms in total. The monoisotopic (exact) mass is 327 g/mol. The molecule has 7 heteroatoms. The Kier molecular flexibility index (Phi) is 5.39. The Labute approximate surface area is 132 Å². The summed E-state index contributed by atoms with van der Waals surface area (Å²) >= 11 is 7.51. The van der Waals surface area contributed by atoms with Gasteiger partial charge >= 0.3 is 0 Å². The van der Waals surface area contributed by atoms with Crippen molar-refractivity contribution in [3.05, 3.63) is 28.5 Å². The number of amides is 1. The number of imidazole rings is 1. The van der Waals surface area contributed by atoms with Crippen molar-refractivity contribution in [3.8, 4) is 0 Å². The van der Waals surface area contributed by atoms with Gasteiger partial charge in [0.15, 0.2) is 10.1 Å².